The molecular formula is C21H19NO5. The van der Waals surface area contributed by atoms with Crippen molar-refractivity contribution in [1.82, 2.24) is 0 Å². The molecule has 0 saturated carbocycles. The van der Waals surface area contributed by atoms with Gasteiger partial charge in [-0.25, -0.2) is 14.6 Å². The summed E-state index contributed by atoms with van der Waals surface area (Å²) in [6.45, 7) is 3.89. The minimum atomic E-state index is -0.492. The molecular weight excluding hydrogens is 346 g/mol. The zero-order chi connectivity index (χ0) is 19.2. The Hall–Kier alpha value is -3.41. The van der Waals surface area contributed by atoms with Gasteiger partial charge < -0.3 is 14.2 Å². The van der Waals surface area contributed by atoms with Gasteiger partial charge in [-0.2, -0.15) is 0 Å². The fourth-order valence-electron chi connectivity index (χ4n) is 2.39. The first-order valence-corrected chi connectivity index (χ1v) is 8.53. The minimum Gasteiger partial charge on any atom is -0.482 e. The second-order valence-electron chi connectivity index (χ2n) is 5.86. The van der Waals surface area contributed by atoms with Crippen molar-refractivity contribution in [3.05, 3.63) is 70.9 Å². The quantitative estimate of drug-likeness (QED) is 0.580. The molecule has 2 aromatic rings. The van der Waals surface area contributed by atoms with E-state index < -0.39 is 11.9 Å². The van der Waals surface area contributed by atoms with E-state index in [1.807, 2.05) is 31.2 Å². The topological polar surface area (TPSA) is 74.2 Å². The number of ether oxygens (including phenoxy) is 3. The molecule has 0 radical (unpaired) electrons. The van der Waals surface area contributed by atoms with Crippen molar-refractivity contribution >= 4 is 23.9 Å². The smallest absolute Gasteiger partial charge is 0.363 e. The lowest BCUT2D eigenvalue weighted by Crippen LogP contribution is -2.14. The first kappa shape index (κ1) is 18.4. The van der Waals surface area contributed by atoms with Crippen LogP contribution in [0.4, 0.5) is 0 Å². The lowest BCUT2D eigenvalue weighted by molar-refractivity contribution is -0.145. The van der Waals surface area contributed by atoms with E-state index in [1.165, 1.54) is 0 Å². The molecule has 2 aromatic carbocycles. The SMILES string of the molecule is CCOC(=O)COc1ccc(/C=C2\N=C(c3ccc(C)cc3)OC2=O)cc1. The van der Waals surface area contributed by atoms with Gasteiger partial charge in [-0.15, -0.1) is 0 Å². The number of hydrogen-bond acceptors (Lipinski definition) is 6. The molecule has 0 saturated heterocycles. The van der Waals surface area contributed by atoms with Crippen LogP contribution < -0.4 is 4.74 Å². The number of cyclic esters (lactones) is 1. The highest BCUT2D eigenvalue weighted by molar-refractivity contribution is 6.12. The molecule has 0 amide bonds. The Morgan fingerprint density at radius 2 is 1.81 bits per heavy atom. The summed E-state index contributed by atoms with van der Waals surface area (Å²) in [5, 5.41) is 0. The third-order valence-electron chi connectivity index (χ3n) is 3.76. The van der Waals surface area contributed by atoms with Gasteiger partial charge in [0.2, 0.25) is 5.90 Å². The Labute approximate surface area is 157 Å². The summed E-state index contributed by atoms with van der Waals surface area (Å²) in [4.78, 5) is 27.6. The molecule has 27 heavy (non-hydrogen) atoms. The molecule has 6 nitrogen and oxygen atoms in total. The van der Waals surface area contributed by atoms with Crippen molar-refractivity contribution in [3.8, 4) is 5.75 Å². The molecule has 6 heteroatoms. The summed E-state index contributed by atoms with van der Waals surface area (Å²) < 4.78 is 15.4. The number of hydrogen-bond donors (Lipinski definition) is 0. The van der Waals surface area contributed by atoms with Gasteiger partial charge in [-0.05, 0) is 49.8 Å². The van der Waals surface area contributed by atoms with Crippen LogP contribution in [0.5, 0.6) is 5.75 Å². The fraction of sp³-hybridized carbons (Fsp3) is 0.190. The molecule has 0 aromatic heterocycles. The van der Waals surface area contributed by atoms with Gasteiger partial charge in [0.25, 0.3) is 0 Å². The highest BCUT2D eigenvalue weighted by atomic mass is 16.6. The predicted molar refractivity (Wildman–Crippen MR) is 100 cm³/mol. The van der Waals surface area contributed by atoms with Gasteiger partial charge in [0.05, 0.1) is 6.61 Å². The van der Waals surface area contributed by atoms with Crippen molar-refractivity contribution in [2.45, 2.75) is 13.8 Å². The zero-order valence-corrected chi connectivity index (χ0v) is 15.1. The molecule has 3 rings (SSSR count). The van der Waals surface area contributed by atoms with Crippen LogP contribution in [0.25, 0.3) is 6.08 Å². The Morgan fingerprint density at radius 3 is 2.48 bits per heavy atom. The molecule has 0 spiro atoms. The van der Waals surface area contributed by atoms with Crippen LogP contribution in [0.15, 0.2) is 59.2 Å². The van der Waals surface area contributed by atoms with Crippen LogP contribution in [-0.4, -0.2) is 31.1 Å². The third kappa shape index (κ3) is 4.82. The van der Waals surface area contributed by atoms with E-state index in [0.717, 1.165) is 16.7 Å². The molecule has 1 heterocycles. The number of aliphatic imine (C=N–C) groups is 1. The number of carbonyl (C=O) groups is 2. The molecule has 138 valence electrons. The number of benzene rings is 2. The maximum absolute atomic E-state index is 12.1. The molecule has 0 fully saturated rings. The number of rotatable bonds is 6. The number of carbonyl (C=O) groups excluding carboxylic acids is 2. The maximum atomic E-state index is 12.1. The highest BCUT2D eigenvalue weighted by Gasteiger charge is 2.23. The largest absolute Gasteiger partial charge is 0.482 e. The van der Waals surface area contributed by atoms with Crippen LogP contribution >= 0.6 is 0 Å². The average molecular weight is 365 g/mol. The van der Waals surface area contributed by atoms with E-state index >= 15 is 0 Å². The third-order valence-corrected chi connectivity index (χ3v) is 3.76. The Kier molecular flexibility index (Phi) is 5.66. The first-order chi connectivity index (χ1) is 13.0. The van der Waals surface area contributed by atoms with E-state index in [4.69, 9.17) is 14.2 Å². The second kappa shape index (κ2) is 8.31. The van der Waals surface area contributed by atoms with Crippen molar-refractivity contribution in [2.24, 2.45) is 4.99 Å². The van der Waals surface area contributed by atoms with E-state index in [9.17, 15) is 9.59 Å². The minimum absolute atomic E-state index is 0.148. The van der Waals surface area contributed by atoms with Crippen LogP contribution in [0.3, 0.4) is 0 Å². The van der Waals surface area contributed by atoms with Crippen LogP contribution in [0, 0.1) is 6.92 Å². The fourth-order valence-corrected chi connectivity index (χ4v) is 2.39. The number of esters is 2. The maximum Gasteiger partial charge on any atom is 0.363 e. The number of aryl methyl sites for hydroxylation is 1. The van der Waals surface area contributed by atoms with Gasteiger partial charge in [-0.1, -0.05) is 29.8 Å². The molecule has 1 aliphatic rings. The van der Waals surface area contributed by atoms with Gasteiger partial charge in [0.15, 0.2) is 12.3 Å². The van der Waals surface area contributed by atoms with E-state index in [1.54, 1.807) is 37.3 Å². The number of nitrogens with zero attached hydrogens (tertiary/aromatic N) is 1. The van der Waals surface area contributed by atoms with Crippen LogP contribution in [0.1, 0.15) is 23.6 Å². The van der Waals surface area contributed by atoms with Crippen molar-refractivity contribution in [3.63, 3.8) is 0 Å². The summed E-state index contributed by atoms with van der Waals surface area (Å²) in [5.41, 5.74) is 2.86. The van der Waals surface area contributed by atoms with E-state index in [0.29, 0.717) is 18.3 Å². The van der Waals surface area contributed by atoms with E-state index in [2.05, 4.69) is 4.99 Å². The van der Waals surface area contributed by atoms with Gasteiger partial charge in [-0.3, -0.25) is 0 Å². The van der Waals surface area contributed by atoms with Crippen LogP contribution in [0.2, 0.25) is 0 Å². The van der Waals surface area contributed by atoms with Gasteiger partial charge >= 0.3 is 11.9 Å². The lowest BCUT2D eigenvalue weighted by Gasteiger charge is -2.05. The summed E-state index contributed by atoms with van der Waals surface area (Å²) >= 11 is 0. The Bertz CT molecular complexity index is 895. The average Bonchev–Trinajstić information content (AvgIpc) is 3.02. The normalized spacial score (nSPS) is 14.7. The van der Waals surface area contributed by atoms with Gasteiger partial charge in [0, 0.05) is 5.56 Å². The molecule has 1 aliphatic heterocycles. The van der Waals surface area contributed by atoms with Gasteiger partial charge in [0.1, 0.15) is 5.75 Å². The molecule has 0 aliphatic carbocycles. The monoisotopic (exact) mass is 365 g/mol. The Morgan fingerprint density at radius 1 is 1.11 bits per heavy atom. The summed E-state index contributed by atoms with van der Waals surface area (Å²) in [5.74, 6) is -0.0905. The molecule has 0 atom stereocenters. The Balaban J connectivity index is 1.69. The van der Waals surface area contributed by atoms with Crippen molar-refractivity contribution in [1.29, 1.82) is 0 Å². The predicted octanol–water partition coefficient (Wildman–Crippen LogP) is 3.28. The standard InChI is InChI=1S/C21H19NO5/c1-3-25-19(23)13-26-17-10-6-15(7-11-17)12-18-21(24)27-20(22-18)16-8-4-14(2)5-9-16/h4-12H,3,13H2,1-2H3/b18-12-. The van der Waals surface area contributed by atoms with Crippen molar-refractivity contribution < 1.29 is 23.8 Å². The molecule has 0 unspecified atom stereocenters. The lowest BCUT2D eigenvalue weighted by atomic mass is 10.1. The molecule has 0 N–H and O–H groups in total. The second-order valence-corrected chi connectivity index (χ2v) is 5.86. The molecule has 0 bridgehead atoms. The summed E-state index contributed by atoms with van der Waals surface area (Å²) in [7, 11) is 0. The van der Waals surface area contributed by atoms with Crippen LogP contribution in [-0.2, 0) is 19.1 Å². The van der Waals surface area contributed by atoms with Crippen molar-refractivity contribution in [2.75, 3.05) is 13.2 Å². The highest BCUT2D eigenvalue weighted by Crippen LogP contribution is 2.21. The zero-order valence-electron chi connectivity index (χ0n) is 15.1. The first-order valence-electron chi connectivity index (χ1n) is 8.53. The summed E-state index contributed by atoms with van der Waals surface area (Å²) in [6, 6.07) is 14.5. The summed E-state index contributed by atoms with van der Waals surface area (Å²) in [6.07, 6.45) is 1.64. The van der Waals surface area contributed by atoms with E-state index in [-0.39, 0.29) is 12.3 Å².